The highest BCUT2D eigenvalue weighted by Crippen LogP contribution is 2.70. The van der Waals surface area contributed by atoms with Crippen molar-refractivity contribution in [1.29, 1.82) is 0 Å². The van der Waals surface area contributed by atoms with Gasteiger partial charge in [-0.15, -0.1) is 0 Å². The predicted octanol–water partition coefficient (Wildman–Crippen LogP) is 4.40. The molecular formula is C27H46O4. The van der Waals surface area contributed by atoms with Gasteiger partial charge in [0.1, 0.15) is 0 Å². The third kappa shape index (κ3) is 3.37. The van der Waals surface area contributed by atoms with E-state index >= 15 is 0 Å². The fourth-order valence-electron chi connectivity index (χ4n) is 9.84. The van der Waals surface area contributed by atoms with Crippen molar-refractivity contribution in [1.82, 2.24) is 0 Å². The Morgan fingerprint density at radius 1 is 0.968 bits per heavy atom. The van der Waals surface area contributed by atoms with E-state index in [-0.39, 0.29) is 30.1 Å². The maximum Gasteiger partial charge on any atom is 0.0618 e. The molecule has 5 rings (SSSR count). The molecule has 0 unspecified atom stereocenters. The van der Waals surface area contributed by atoms with Gasteiger partial charge in [0, 0.05) is 6.61 Å². The van der Waals surface area contributed by atoms with E-state index in [0.717, 1.165) is 38.5 Å². The lowest BCUT2D eigenvalue weighted by molar-refractivity contribution is -0.172. The van der Waals surface area contributed by atoms with E-state index in [1.807, 2.05) is 0 Å². The Kier molecular flexibility index (Phi) is 5.81. The highest BCUT2D eigenvalue weighted by atomic mass is 16.5. The SMILES string of the molecule is C[C@@H](CO)CC[C@H]1O[C@H]2C[C@H]3[C@@H]4C[C@@H](O)[C@H]5C[C@@H](O)CC[C@]5(C)[C@H]4CC[C@]3(C)[C@H]2[C@@H]1C. The van der Waals surface area contributed by atoms with Crippen LogP contribution < -0.4 is 0 Å². The molecule has 4 heteroatoms. The van der Waals surface area contributed by atoms with Crippen molar-refractivity contribution >= 4 is 0 Å². The van der Waals surface area contributed by atoms with E-state index in [1.54, 1.807) is 0 Å². The van der Waals surface area contributed by atoms with Crippen LogP contribution in [0.5, 0.6) is 0 Å². The fraction of sp³-hybridized carbons (Fsp3) is 1.00. The van der Waals surface area contributed by atoms with Gasteiger partial charge < -0.3 is 20.1 Å². The van der Waals surface area contributed by atoms with Crippen molar-refractivity contribution in [2.75, 3.05) is 6.61 Å². The first-order valence-electron chi connectivity index (χ1n) is 13.3. The van der Waals surface area contributed by atoms with Crippen molar-refractivity contribution in [3.05, 3.63) is 0 Å². The van der Waals surface area contributed by atoms with E-state index < -0.39 is 0 Å². The van der Waals surface area contributed by atoms with Gasteiger partial charge in [-0.1, -0.05) is 27.7 Å². The quantitative estimate of drug-likeness (QED) is 0.613. The molecule has 0 amide bonds. The number of fused-ring (bicyclic) bond motifs is 7. The molecule has 178 valence electrons. The summed E-state index contributed by atoms with van der Waals surface area (Å²) in [6, 6.07) is 0. The van der Waals surface area contributed by atoms with Crippen molar-refractivity contribution in [2.45, 2.75) is 110 Å². The zero-order valence-electron chi connectivity index (χ0n) is 20.2. The van der Waals surface area contributed by atoms with E-state index in [0.29, 0.717) is 53.1 Å². The molecule has 4 aliphatic carbocycles. The highest BCUT2D eigenvalue weighted by molar-refractivity contribution is 5.15. The second-order valence-electron chi connectivity index (χ2n) is 13.0. The van der Waals surface area contributed by atoms with E-state index in [9.17, 15) is 15.3 Å². The Labute approximate surface area is 189 Å². The first-order chi connectivity index (χ1) is 14.7. The second kappa shape index (κ2) is 7.96. The Hall–Kier alpha value is -0.160. The Balaban J connectivity index is 1.35. The number of hydrogen-bond donors (Lipinski definition) is 3. The minimum atomic E-state index is -0.255. The number of hydrogen-bond acceptors (Lipinski definition) is 4. The summed E-state index contributed by atoms with van der Waals surface area (Å²) in [4.78, 5) is 0. The molecule has 4 saturated carbocycles. The largest absolute Gasteiger partial charge is 0.396 e. The number of aliphatic hydroxyl groups excluding tert-OH is 3. The second-order valence-corrected chi connectivity index (χ2v) is 13.0. The third-order valence-electron chi connectivity index (χ3n) is 11.5. The first kappa shape index (κ1) is 22.6. The first-order valence-corrected chi connectivity index (χ1v) is 13.3. The van der Waals surface area contributed by atoms with E-state index in [1.165, 1.54) is 19.3 Å². The molecule has 4 nitrogen and oxygen atoms in total. The van der Waals surface area contributed by atoms with Gasteiger partial charge in [0.25, 0.3) is 0 Å². The van der Waals surface area contributed by atoms with Crippen LogP contribution in [0.25, 0.3) is 0 Å². The van der Waals surface area contributed by atoms with Gasteiger partial charge in [-0.25, -0.2) is 0 Å². The predicted molar refractivity (Wildman–Crippen MR) is 121 cm³/mol. The number of ether oxygens (including phenoxy) is 1. The summed E-state index contributed by atoms with van der Waals surface area (Å²) in [5.41, 5.74) is 0.524. The van der Waals surface area contributed by atoms with Gasteiger partial charge >= 0.3 is 0 Å². The fourth-order valence-corrected chi connectivity index (χ4v) is 9.84. The summed E-state index contributed by atoms with van der Waals surface area (Å²) in [5, 5.41) is 30.9. The summed E-state index contributed by atoms with van der Waals surface area (Å²) in [6.45, 7) is 9.83. The molecule has 5 fully saturated rings. The molecule has 0 aromatic carbocycles. The topological polar surface area (TPSA) is 69.9 Å². The van der Waals surface area contributed by atoms with Gasteiger partial charge in [0.15, 0.2) is 0 Å². The smallest absolute Gasteiger partial charge is 0.0618 e. The number of rotatable bonds is 4. The van der Waals surface area contributed by atoms with Crippen LogP contribution in [-0.2, 0) is 4.74 Å². The van der Waals surface area contributed by atoms with Gasteiger partial charge in [0.05, 0.1) is 24.4 Å². The summed E-state index contributed by atoms with van der Waals surface area (Å²) < 4.78 is 6.72. The van der Waals surface area contributed by atoms with Gasteiger partial charge in [-0.3, -0.25) is 0 Å². The Morgan fingerprint density at radius 2 is 1.71 bits per heavy atom. The van der Waals surface area contributed by atoms with Crippen molar-refractivity contribution < 1.29 is 20.1 Å². The molecule has 3 N–H and O–H groups in total. The van der Waals surface area contributed by atoms with Crippen LogP contribution in [0.2, 0.25) is 0 Å². The summed E-state index contributed by atoms with van der Waals surface area (Å²) in [6.07, 6.45) is 9.85. The lowest BCUT2D eigenvalue weighted by atomic mass is 9.43. The van der Waals surface area contributed by atoms with Gasteiger partial charge in [0.2, 0.25) is 0 Å². The molecule has 1 heterocycles. The third-order valence-corrected chi connectivity index (χ3v) is 11.5. The molecule has 0 bridgehead atoms. The standard InChI is InChI=1S/C27H46O4/c1-15(14-28)5-6-23-16(2)25-24(31-23)13-20-18-12-22(30)21-11-17(29)7-9-26(21,3)19(18)8-10-27(20,25)4/h15-25,28-30H,5-14H2,1-4H3/t15-,16-,17+,18-,19+,20+,21-,22-,23-,24+,25+,26-,27+/m1/s1. The molecule has 1 aliphatic heterocycles. The zero-order valence-corrected chi connectivity index (χ0v) is 20.2. The Bertz CT molecular complexity index is 668. The molecule has 0 aromatic rings. The zero-order chi connectivity index (χ0) is 22.1. The normalized spacial score (nSPS) is 57.0. The maximum absolute atomic E-state index is 11.2. The maximum atomic E-state index is 11.2. The molecule has 0 spiro atoms. The summed E-state index contributed by atoms with van der Waals surface area (Å²) in [5.74, 6) is 3.84. The summed E-state index contributed by atoms with van der Waals surface area (Å²) >= 11 is 0. The molecule has 31 heavy (non-hydrogen) atoms. The minimum absolute atomic E-state index is 0.191. The molecule has 13 atom stereocenters. The molecule has 0 aromatic heterocycles. The Morgan fingerprint density at radius 3 is 2.45 bits per heavy atom. The van der Waals surface area contributed by atoms with E-state index in [2.05, 4.69) is 27.7 Å². The van der Waals surface area contributed by atoms with Gasteiger partial charge in [-0.2, -0.15) is 0 Å². The lowest BCUT2D eigenvalue weighted by Gasteiger charge is -2.62. The lowest BCUT2D eigenvalue weighted by Crippen LogP contribution is -2.58. The van der Waals surface area contributed by atoms with Crippen LogP contribution in [0.3, 0.4) is 0 Å². The average molecular weight is 435 g/mol. The molecular weight excluding hydrogens is 388 g/mol. The van der Waals surface area contributed by atoms with Crippen molar-refractivity contribution in [3.63, 3.8) is 0 Å². The van der Waals surface area contributed by atoms with Crippen LogP contribution >= 0.6 is 0 Å². The van der Waals surface area contributed by atoms with E-state index in [4.69, 9.17) is 4.74 Å². The molecule has 0 radical (unpaired) electrons. The van der Waals surface area contributed by atoms with Crippen molar-refractivity contribution in [2.24, 2.45) is 52.3 Å². The van der Waals surface area contributed by atoms with Crippen LogP contribution in [0, 0.1) is 52.3 Å². The van der Waals surface area contributed by atoms with Crippen LogP contribution in [-0.4, -0.2) is 46.3 Å². The minimum Gasteiger partial charge on any atom is -0.396 e. The number of aliphatic hydroxyl groups is 3. The monoisotopic (exact) mass is 434 g/mol. The molecule has 1 saturated heterocycles. The van der Waals surface area contributed by atoms with Crippen LogP contribution in [0.15, 0.2) is 0 Å². The van der Waals surface area contributed by atoms with Crippen LogP contribution in [0.1, 0.15) is 85.5 Å². The highest BCUT2D eigenvalue weighted by Gasteiger charge is 2.66. The van der Waals surface area contributed by atoms with Crippen molar-refractivity contribution in [3.8, 4) is 0 Å². The average Bonchev–Trinajstić information content (AvgIpc) is 3.21. The molecule has 5 aliphatic rings. The van der Waals surface area contributed by atoms with Gasteiger partial charge in [-0.05, 0) is 110 Å². The summed E-state index contributed by atoms with van der Waals surface area (Å²) in [7, 11) is 0. The van der Waals surface area contributed by atoms with Crippen LogP contribution in [0.4, 0.5) is 0 Å².